The maximum absolute atomic E-state index is 3.73. The van der Waals surface area contributed by atoms with Gasteiger partial charge in [0.25, 0.3) is 0 Å². The minimum atomic E-state index is 0.236. The molecule has 0 fully saturated rings. The van der Waals surface area contributed by atoms with Gasteiger partial charge >= 0.3 is 0 Å². The molecule has 102 valence electrons. The molecule has 0 saturated carbocycles. The van der Waals surface area contributed by atoms with E-state index in [-0.39, 0.29) is 5.41 Å². The summed E-state index contributed by atoms with van der Waals surface area (Å²) in [6.07, 6.45) is 1.18. The highest BCUT2D eigenvalue weighted by Gasteiger charge is 2.27. The Morgan fingerprint density at radius 3 is 1.94 bits per heavy atom. The van der Waals surface area contributed by atoms with Crippen LogP contribution in [0.4, 0.5) is 0 Å². The Morgan fingerprint density at radius 1 is 1.06 bits per heavy atom. The van der Waals surface area contributed by atoms with Gasteiger partial charge in [-0.1, -0.05) is 45.4 Å². The standard InChI is InChI=1S/C17H29N/c1-8-9-18-16(17(5,6)7)15-13(3)10-12(2)11-14(15)4/h10-11,16,18H,8-9H2,1-7H3. The van der Waals surface area contributed by atoms with Gasteiger partial charge in [0.2, 0.25) is 0 Å². The topological polar surface area (TPSA) is 12.0 Å². The van der Waals surface area contributed by atoms with Crippen molar-refractivity contribution in [1.29, 1.82) is 0 Å². The molecule has 0 aliphatic heterocycles. The molecule has 0 spiro atoms. The van der Waals surface area contributed by atoms with E-state index >= 15 is 0 Å². The lowest BCUT2D eigenvalue weighted by Gasteiger charge is -2.34. The lowest BCUT2D eigenvalue weighted by atomic mass is 9.78. The van der Waals surface area contributed by atoms with Crippen LogP contribution in [0.5, 0.6) is 0 Å². The van der Waals surface area contributed by atoms with Gasteiger partial charge < -0.3 is 5.32 Å². The first-order valence-corrected chi connectivity index (χ1v) is 7.08. The van der Waals surface area contributed by atoms with Gasteiger partial charge in [0.15, 0.2) is 0 Å². The Kier molecular flexibility index (Phi) is 4.98. The highest BCUT2D eigenvalue weighted by atomic mass is 14.9. The molecule has 1 heteroatoms. The smallest absolute Gasteiger partial charge is 0.0374 e. The first kappa shape index (κ1) is 15.2. The van der Waals surface area contributed by atoms with Crippen LogP contribution in [-0.4, -0.2) is 6.54 Å². The van der Waals surface area contributed by atoms with Crippen LogP contribution in [0.3, 0.4) is 0 Å². The van der Waals surface area contributed by atoms with Crippen molar-refractivity contribution >= 4 is 0 Å². The first-order chi connectivity index (χ1) is 8.27. The van der Waals surface area contributed by atoms with Gasteiger partial charge in [-0.2, -0.15) is 0 Å². The highest BCUT2D eigenvalue weighted by molar-refractivity contribution is 5.40. The minimum absolute atomic E-state index is 0.236. The van der Waals surface area contributed by atoms with Crippen LogP contribution in [0.15, 0.2) is 12.1 Å². The average Bonchev–Trinajstić information content (AvgIpc) is 2.19. The van der Waals surface area contributed by atoms with E-state index in [9.17, 15) is 0 Å². The van der Waals surface area contributed by atoms with E-state index < -0.39 is 0 Å². The molecule has 0 saturated heterocycles. The highest BCUT2D eigenvalue weighted by Crippen LogP contribution is 2.36. The largest absolute Gasteiger partial charge is 0.309 e. The summed E-state index contributed by atoms with van der Waals surface area (Å²) in [4.78, 5) is 0. The zero-order chi connectivity index (χ0) is 13.9. The third-order valence-electron chi connectivity index (χ3n) is 3.49. The van der Waals surface area contributed by atoms with Crippen LogP contribution >= 0.6 is 0 Å². The second kappa shape index (κ2) is 5.88. The zero-order valence-corrected chi connectivity index (χ0v) is 13.1. The molecule has 0 aliphatic rings. The molecule has 1 aromatic carbocycles. The summed E-state index contributed by atoms with van der Waals surface area (Å²) in [6.45, 7) is 16.9. The van der Waals surface area contributed by atoms with Crippen LogP contribution < -0.4 is 5.32 Å². The fourth-order valence-electron chi connectivity index (χ4n) is 2.78. The minimum Gasteiger partial charge on any atom is -0.309 e. The van der Waals surface area contributed by atoms with E-state index in [4.69, 9.17) is 0 Å². The van der Waals surface area contributed by atoms with Gasteiger partial charge in [-0.25, -0.2) is 0 Å². The van der Waals surface area contributed by atoms with Gasteiger partial charge in [-0.3, -0.25) is 0 Å². The monoisotopic (exact) mass is 247 g/mol. The maximum Gasteiger partial charge on any atom is 0.0374 e. The summed E-state index contributed by atoms with van der Waals surface area (Å²) in [6, 6.07) is 5.03. The number of benzene rings is 1. The second-order valence-corrected chi connectivity index (χ2v) is 6.57. The van der Waals surface area contributed by atoms with E-state index in [2.05, 4.69) is 65.9 Å². The van der Waals surface area contributed by atoms with Crippen LogP contribution in [0.25, 0.3) is 0 Å². The molecule has 0 aromatic heterocycles. The number of nitrogens with one attached hydrogen (secondary N) is 1. The van der Waals surface area contributed by atoms with E-state index in [1.165, 1.54) is 28.7 Å². The Labute approximate surface area is 113 Å². The molecule has 1 N–H and O–H groups in total. The van der Waals surface area contributed by atoms with Crippen molar-refractivity contribution in [3.8, 4) is 0 Å². The average molecular weight is 247 g/mol. The Balaban J connectivity index is 3.21. The van der Waals surface area contributed by atoms with Gasteiger partial charge in [0, 0.05) is 6.04 Å². The van der Waals surface area contributed by atoms with Crippen molar-refractivity contribution in [3.63, 3.8) is 0 Å². The Morgan fingerprint density at radius 2 is 1.56 bits per heavy atom. The van der Waals surface area contributed by atoms with E-state index in [1.807, 2.05) is 0 Å². The fourth-order valence-corrected chi connectivity index (χ4v) is 2.78. The zero-order valence-electron chi connectivity index (χ0n) is 13.1. The van der Waals surface area contributed by atoms with Crippen molar-refractivity contribution in [2.45, 2.75) is 60.9 Å². The maximum atomic E-state index is 3.73. The summed E-state index contributed by atoms with van der Waals surface area (Å²) in [5.41, 5.74) is 5.91. The van der Waals surface area contributed by atoms with Crippen molar-refractivity contribution in [3.05, 3.63) is 34.4 Å². The molecular formula is C17H29N. The Hall–Kier alpha value is -0.820. The third kappa shape index (κ3) is 3.58. The van der Waals surface area contributed by atoms with Crippen LogP contribution in [-0.2, 0) is 0 Å². The molecular weight excluding hydrogens is 218 g/mol. The lowest BCUT2D eigenvalue weighted by molar-refractivity contribution is 0.271. The summed E-state index contributed by atoms with van der Waals surface area (Å²) < 4.78 is 0. The first-order valence-electron chi connectivity index (χ1n) is 7.08. The number of rotatable bonds is 4. The number of hydrogen-bond acceptors (Lipinski definition) is 1. The predicted octanol–water partition coefficient (Wildman–Crippen LogP) is 4.70. The van der Waals surface area contributed by atoms with Crippen LogP contribution in [0.2, 0.25) is 0 Å². The third-order valence-corrected chi connectivity index (χ3v) is 3.49. The molecule has 1 rings (SSSR count). The van der Waals surface area contributed by atoms with E-state index in [0.29, 0.717) is 6.04 Å². The quantitative estimate of drug-likeness (QED) is 0.813. The second-order valence-electron chi connectivity index (χ2n) is 6.57. The van der Waals surface area contributed by atoms with Gasteiger partial charge in [-0.05, 0) is 55.8 Å². The normalized spacial score (nSPS) is 13.7. The number of aryl methyl sites for hydroxylation is 3. The molecule has 1 aromatic rings. The van der Waals surface area contributed by atoms with Crippen molar-refractivity contribution in [1.82, 2.24) is 5.32 Å². The van der Waals surface area contributed by atoms with Gasteiger partial charge in [0.1, 0.15) is 0 Å². The van der Waals surface area contributed by atoms with Crippen LogP contribution in [0.1, 0.15) is 62.4 Å². The number of hydrogen-bond donors (Lipinski definition) is 1. The molecule has 0 amide bonds. The molecule has 0 heterocycles. The molecule has 0 aliphatic carbocycles. The van der Waals surface area contributed by atoms with Crippen molar-refractivity contribution in [2.75, 3.05) is 6.54 Å². The van der Waals surface area contributed by atoms with Crippen LogP contribution in [0, 0.1) is 26.2 Å². The molecule has 18 heavy (non-hydrogen) atoms. The van der Waals surface area contributed by atoms with Crippen molar-refractivity contribution < 1.29 is 0 Å². The molecule has 0 bridgehead atoms. The van der Waals surface area contributed by atoms with E-state index in [0.717, 1.165) is 6.54 Å². The SMILES string of the molecule is CCCNC(c1c(C)cc(C)cc1C)C(C)(C)C. The summed E-state index contributed by atoms with van der Waals surface area (Å²) in [5.74, 6) is 0. The Bertz CT molecular complexity index is 376. The van der Waals surface area contributed by atoms with E-state index in [1.54, 1.807) is 0 Å². The predicted molar refractivity (Wildman–Crippen MR) is 81.1 cm³/mol. The lowest BCUT2D eigenvalue weighted by Crippen LogP contribution is -2.34. The van der Waals surface area contributed by atoms with Gasteiger partial charge in [-0.15, -0.1) is 0 Å². The summed E-state index contributed by atoms with van der Waals surface area (Å²) in [7, 11) is 0. The summed E-state index contributed by atoms with van der Waals surface area (Å²) in [5, 5.41) is 3.73. The molecule has 1 atom stereocenters. The summed E-state index contributed by atoms with van der Waals surface area (Å²) >= 11 is 0. The molecule has 1 unspecified atom stereocenters. The van der Waals surface area contributed by atoms with Gasteiger partial charge in [0.05, 0.1) is 0 Å². The molecule has 1 nitrogen and oxygen atoms in total. The fraction of sp³-hybridized carbons (Fsp3) is 0.647. The van der Waals surface area contributed by atoms with Crippen molar-refractivity contribution in [2.24, 2.45) is 5.41 Å². The molecule has 0 radical (unpaired) electrons.